The van der Waals surface area contributed by atoms with Crippen LogP contribution in [0.15, 0.2) is 66.9 Å². The van der Waals surface area contributed by atoms with E-state index in [0.717, 1.165) is 24.7 Å². The van der Waals surface area contributed by atoms with Gasteiger partial charge >= 0.3 is 6.18 Å². The Kier molecular flexibility index (Phi) is 8.66. The number of rotatable bonds is 8. The van der Waals surface area contributed by atoms with Gasteiger partial charge in [0.2, 0.25) is 0 Å². The number of nitrogens with zero attached hydrogens (tertiary/aromatic N) is 5. The molecule has 3 heterocycles. The van der Waals surface area contributed by atoms with Crippen LogP contribution in [0.3, 0.4) is 0 Å². The average molecular weight is 556 g/mol. The van der Waals surface area contributed by atoms with Crippen LogP contribution in [0.25, 0.3) is 0 Å². The summed E-state index contributed by atoms with van der Waals surface area (Å²) in [4.78, 5) is 21.8. The van der Waals surface area contributed by atoms with Gasteiger partial charge in [-0.25, -0.2) is 0 Å². The molecule has 0 bridgehead atoms. The van der Waals surface area contributed by atoms with Gasteiger partial charge < -0.3 is 24.0 Å². The number of halogens is 3. The van der Waals surface area contributed by atoms with Gasteiger partial charge in [-0.15, -0.1) is 0 Å². The molecule has 3 aromatic rings. The van der Waals surface area contributed by atoms with Crippen molar-refractivity contribution in [3.8, 4) is 0 Å². The molecule has 40 heavy (non-hydrogen) atoms. The molecular formula is C30H36F3N5O2. The molecule has 5 rings (SSSR count). The first-order valence-electron chi connectivity index (χ1n) is 13.7. The molecule has 1 aromatic heterocycles. The smallest absolute Gasteiger partial charge is 0.383 e. The van der Waals surface area contributed by atoms with Crippen molar-refractivity contribution in [3.63, 3.8) is 0 Å². The molecule has 0 N–H and O–H groups in total. The van der Waals surface area contributed by atoms with Crippen LogP contribution in [0.1, 0.15) is 21.6 Å². The lowest BCUT2D eigenvalue weighted by Crippen LogP contribution is -2.49. The summed E-state index contributed by atoms with van der Waals surface area (Å²) in [5.41, 5.74) is 2.49. The van der Waals surface area contributed by atoms with E-state index in [1.165, 1.54) is 11.8 Å². The molecule has 0 aliphatic carbocycles. The third kappa shape index (κ3) is 6.45. The van der Waals surface area contributed by atoms with Crippen molar-refractivity contribution >= 4 is 17.3 Å². The minimum atomic E-state index is -4.38. The van der Waals surface area contributed by atoms with Gasteiger partial charge in [-0.3, -0.25) is 9.69 Å². The number of carbonyl (C=O) groups excluding carboxylic acids is 1. The van der Waals surface area contributed by atoms with Crippen LogP contribution in [-0.4, -0.2) is 86.3 Å². The Morgan fingerprint density at radius 2 is 1.50 bits per heavy atom. The Morgan fingerprint density at radius 3 is 2.17 bits per heavy atom. The van der Waals surface area contributed by atoms with E-state index in [1.54, 1.807) is 19.2 Å². The number of hydrogen-bond donors (Lipinski definition) is 0. The molecule has 2 saturated heterocycles. The van der Waals surface area contributed by atoms with Crippen LogP contribution in [0, 0.1) is 0 Å². The van der Waals surface area contributed by atoms with E-state index in [4.69, 9.17) is 4.74 Å². The molecule has 1 amide bonds. The van der Waals surface area contributed by atoms with E-state index in [-0.39, 0.29) is 11.6 Å². The van der Waals surface area contributed by atoms with Crippen LogP contribution < -0.4 is 9.80 Å². The van der Waals surface area contributed by atoms with Gasteiger partial charge in [0.25, 0.3) is 5.91 Å². The van der Waals surface area contributed by atoms with E-state index < -0.39 is 11.7 Å². The number of ether oxygens (including phenoxy) is 1. The maximum atomic E-state index is 13.6. The van der Waals surface area contributed by atoms with Gasteiger partial charge in [0.1, 0.15) is 5.69 Å². The van der Waals surface area contributed by atoms with Crippen LogP contribution in [0.5, 0.6) is 0 Å². The van der Waals surface area contributed by atoms with Crippen LogP contribution in [0.2, 0.25) is 0 Å². The predicted octanol–water partition coefficient (Wildman–Crippen LogP) is 4.44. The third-order valence-corrected chi connectivity index (χ3v) is 7.73. The molecule has 0 radical (unpaired) electrons. The fourth-order valence-corrected chi connectivity index (χ4v) is 5.57. The second-order valence-corrected chi connectivity index (χ2v) is 10.3. The highest BCUT2D eigenvalue weighted by Crippen LogP contribution is 2.36. The standard InChI is InChI=1S/C30H36F3N5O2/c1-40-20-19-38-23-24(21-28(38)29(39)37-17-15-35(16-18-37)25-7-3-2-4-8-25)22-34-11-13-36(14-12-34)27-10-6-5-9-26(27)30(31,32)33/h2-10,21,23H,11-20,22H2,1H3. The van der Waals surface area contributed by atoms with E-state index in [1.807, 2.05) is 44.8 Å². The van der Waals surface area contributed by atoms with Crippen LogP contribution in [0.4, 0.5) is 24.5 Å². The van der Waals surface area contributed by atoms with Crippen molar-refractivity contribution in [2.24, 2.45) is 0 Å². The fraction of sp³-hybridized carbons (Fsp3) is 0.433. The van der Waals surface area contributed by atoms with E-state index in [0.29, 0.717) is 64.7 Å². The zero-order valence-electron chi connectivity index (χ0n) is 22.8. The molecule has 0 saturated carbocycles. The monoisotopic (exact) mass is 555 g/mol. The summed E-state index contributed by atoms with van der Waals surface area (Å²) in [6.45, 7) is 6.87. The van der Waals surface area contributed by atoms with Crippen molar-refractivity contribution < 1.29 is 22.7 Å². The van der Waals surface area contributed by atoms with E-state index in [9.17, 15) is 18.0 Å². The lowest BCUT2D eigenvalue weighted by Gasteiger charge is -2.37. The van der Waals surface area contributed by atoms with Gasteiger partial charge in [-0.05, 0) is 35.9 Å². The maximum Gasteiger partial charge on any atom is 0.418 e. The number of aromatic nitrogens is 1. The first-order valence-corrected chi connectivity index (χ1v) is 13.7. The highest BCUT2D eigenvalue weighted by molar-refractivity contribution is 5.93. The van der Waals surface area contributed by atoms with E-state index in [2.05, 4.69) is 21.9 Å². The molecule has 0 unspecified atom stereocenters. The molecule has 7 nitrogen and oxygen atoms in total. The van der Waals surface area contributed by atoms with Gasteiger partial charge in [0.05, 0.1) is 12.2 Å². The highest BCUT2D eigenvalue weighted by atomic mass is 19.4. The summed E-state index contributed by atoms with van der Waals surface area (Å²) in [7, 11) is 1.64. The van der Waals surface area contributed by atoms with E-state index >= 15 is 0 Å². The number of carbonyl (C=O) groups is 1. The molecule has 214 valence electrons. The second-order valence-electron chi connectivity index (χ2n) is 10.3. The van der Waals surface area contributed by atoms with Gasteiger partial charge in [-0.2, -0.15) is 13.2 Å². The number of para-hydroxylation sites is 2. The predicted molar refractivity (Wildman–Crippen MR) is 150 cm³/mol. The Morgan fingerprint density at radius 1 is 0.850 bits per heavy atom. The summed E-state index contributed by atoms with van der Waals surface area (Å²) in [6.07, 6.45) is -2.37. The van der Waals surface area contributed by atoms with Gasteiger partial charge in [0, 0.05) is 90.1 Å². The number of anilines is 2. The van der Waals surface area contributed by atoms with Crippen LogP contribution in [-0.2, 0) is 24.0 Å². The van der Waals surface area contributed by atoms with Crippen molar-refractivity contribution in [2.45, 2.75) is 19.3 Å². The second kappa shape index (κ2) is 12.3. The van der Waals surface area contributed by atoms with Crippen molar-refractivity contribution in [3.05, 3.63) is 83.7 Å². The first kappa shape index (κ1) is 28.0. The maximum absolute atomic E-state index is 13.6. The minimum Gasteiger partial charge on any atom is -0.383 e. The molecule has 0 spiro atoms. The SMILES string of the molecule is COCCn1cc(CN2CCN(c3ccccc3C(F)(F)F)CC2)cc1C(=O)N1CCN(c2ccccc2)CC1. The third-order valence-electron chi connectivity index (χ3n) is 7.73. The minimum absolute atomic E-state index is 0.0173. The fourth-order valence-electron chi connectivity index (χ4n) is 5.57. The molecule has 0 atom stereocenters. The summed E-state index contributed by atoms with van der Waals surface area (Å²) < 4.78 is 47.8. The van der Waals surface area contributed by atoms with Crippen molar-refractivity contribution in [2.75, 3.05) is 75.9 Å². The normalized spacial score (nSPS) is 16.9. The summed E-state index contributed by atoms with van der Waals surface area (Å²) >= 11 is 0. The number of alkyl halides is 3. The Balaban J connectivity index is 1.22. The zero-order valence-corrected chi connectivity index (χ0v) is 22.8. The number of amides is 1. The quantitative estimate of drug-likeness (QED) is 0.412. The summed E-state index contributed by atoms with van der Waals surface area (Å²) in [5.74, 6) is 0.0173. The summed E-state index contributed by atoms with van der Waals surface area (Å²) in [6, 6.07) is 18.0. The Labute approximate surface area is 233 Å². The molecule has 2 fully saturated rings. The number of methoxy groups -OCH3 is 1. The molecule has 2 aliphatic rings. The molecule has 2 aliphatic heterocycles. The highest BCUT2D eigenvalue weighted by Gasteiger charge is 2.35. The number of hydrogen-bond acceptors (Lipinski definition) is 5. The number of piperazine rings is 2. The Bertz CT molecular complexity index is 1260. The zero-order chi connectivity index (χ0) is 28.1. The first-order chi connectivity index (χ1) is 19.3. The van der Waals surface area contributed by atoms with Crippen molar-refractivity contribution in [1.29, 1.82) is 0 Å². The van der Waals surface area contributed by atoms with Crippen LogP contribution >= 0.6 is 0 Å². The van der Waals surface area contributed by atoms with Gasteiger partial charge in [-0.1, -0.05) is 30.3 Å². The average Bonchev–Trinajstić information content (AvgIpc) is 3.38. The molecular weight excluding hydrogens is 519 g/mol. The van der Waals surface area contributed by atoms with Crippen molar-refractivity contribution in [1.82, 2.24) is 14.4 Å². The summed E-state index contributed by atoms with van der Waals surface area (Å²) in [5, 5.41) is 0. The lowest BCUT2D eigenvalue weighted by molar-refractivity contribution is -0.137. The largest absolute Gasteiger partial charge is 0.418 e. The molecule has 10 heteroatoms. The topological polar surface area (TPSA) is 44.2 Å². The number of benzene rings is 2. The Hall–Kier alpha value is -3.50. The molecule has 2 aromatic carbocycles. The van der Waals surface area contributed by atoms with Gasteiger partial charge in [0.15, 0.2) is 0 Å². The lowest BCUT2D eigenvalue weighted by atomic mass is 10.1.